The Balaban J connectivity index is 2.76. The highest BCUT2D eigenvalue weighted by Crippen LogP contribution is 2.38. The van der Waals surface area contributed by atoms with Crippen LogP contribution in [-0.2, 0) is 10.2 Å². The normalized spacial score (nSPS) is 24.6. The predicted octanol–water partition coefficient (Wildman–Crippen LogP) is 2.27. The topological polar surface area (TPSA) is 73.2 Å². The molecule has 0 aliphatic heterocycles. The molecule has 0 aromatic rings. The maximum atomic E-state index is 12.3. The number of hydrogen-bond donors (Lipinski definition) is 1. The second-order valence-electron chi connectivity index (χ2n) is 6.72. The molecule has 20 heavy (non-hydrogen) atoms. The number of nitriles is 1. The van der Waals surface area contributed by atoms with Gasteiger partial charge in [0.2, 0.25) is 0 Å². The largest absolute Gasteiger partial charge is 0.279 e. The minimum absolute atomic E-state index is 0.00159. The zero-order valence-electron chi connectivity index (χ0n) is 13.0. The molecular weight excluding hydrogens is 274 g/mol. The third-order valence-electron chi connectivity index (χ3n) is 4.13. The summed E-state index contributed by atoms with van der Waals surface area (Å²) in [6.07, 6.45) is 4.42. The zero-order valence-corrected chi connectivity index (χ0v) is 13.8. The Morgan fingerprint density at radius 2 is 1.90 bits per heavy atom. The summed E-state index contributed by atoms with van der Waals surface area (Å²) in [6.45, 7) is 6.75. The van der Waals surface area contributed by atoms with Crippen LogP contribution in [0.3, 0.4) is 0 Å². The van der Waals surface area contributed by atoms with Crippen molar-refractivity contribution in [1.82, 2.24) is 9.03 Å². The monoisotopic (exact) mass is 301 g/mol. The van der Waals surface area contributed by atoms with Gasteiger partial charge in [0.15, 0.2) is 0 Å². The van der Waals surface area contributed by atoms with Crippen LogP contribution in [0.25, 0.3) is 0 Å². The Bertz CT molecular complexity index is 448. The SMILES string of the molecule is CN(CCC#N)S(=O)(=O)NC1CCCCC1C(C)(C)C. The van der Waals surface area contributed by atoms with Gasteiger partial charge >= 0.3 is 0 Å². The van der Waals surface area contributed by atoms with Crippen molar-refractivity contribution in [2.45, 2.75) is 58.9 Å². The first kappa shape index (κ1) is 17.4. The van der Waals surface area contributed by atoms with E-state index in [-0.39, 0.29) is 24.4 Å². The third-order valence-corrected chi connectivity index (χ3v) is 5.73. The van der Waals surface area contributed by atoms with E-state index in [9.17, 15) is 8.42 Å². The fourth-order valence-corrected chi connectivity index (χ4v) is 4.09. The molecule has 1 N–H and O–H groups in total. The number of nitrogens with one attached hydrogen (secondary N) is 1. The molecule has 2 unspecified atom stereocenters. The summed E-state index contributed by atoms with van der Waals surface area (Å²) in [4.78, 5) is 0. The number of nitrogens with zero attached hydrogens (tertiary/aromatic N) is 2. The summed E-state index contributed by atoms with van der Waals surface area (Å²) >= 11 is 0. The lowest BCUT2D eigenvalue weighted by atomic mass is 9.70. The van der Waals surface area contributed by atoms with Crippen LogP contribution in [0.5, 0.6) is 0 Å². The van der Waals surface area contributed by atoms with E-state index in [4.69, 9.17) is 5.26 Å². The molecule has 0 aromatic carbocycles. The van der Waals surface area contributed by atoms with Crippen LogP contribution in [0.2, 0.25) is 0 Å². The molecule has 1 saturated carbocycles. The molecule has 5 nitrogen and oxygen atoms in total. The quantitative estimate of drug-likeness (QED) is 0.846. The first-order valence-electron chi connectivity index (χ1n) is 7.29. The maximum absolute atomic E-state index is 12.3. The van der Waals surface area contributed by atoms with Crippen molar-refractivity contribution >= 4 is 10.2 Å². The van der Waals surface area contributed by atoms with Gasteiger partial charge in [0.1, 0.15) is 0 Å². The Morgan fingerprint density at radius 1 is 1.30 bits per heavy atom. The van der Waals surface area contributed by atoms with E-state index in [2.05, 4.69) is 25.5 Å². The predicted molar refractivity (Wildman–Crippen MR) is 80.1 cm³/mol. The summed E-state index contributed by atoms with van der Waals surface area (Å²) in [6, 6.07) is 1.97. The van der Waals surface area contributed by atoms with E-state index < -0.39 is 10.2 Å². The lowest BCUT2D eigenvalue weighted by molar-refractivity contribution is 0.143. The number of hydrogen-bond acceptors (Lipinski definition) is 3. The van der Waals surface area contributed by atoms with Crippen molar-refractivity contribution in [2.75, 3.05) is 13.6 Å². The highest BCUT2D eigenvalue weighted by molar-refractivity contribution is 7.87. The second kappa shape index (κ2) is 6.88. The summed E-state index contributed by atoms with van der Waals surface area (Å²) in [5.74, 6) is 0.357. The average molecular weight is 301 g/mol. The van der Waals surface area contributed by atoms with Crippen molar-refractivity contribution < 1.29 is 8.42 Å². The summed E-state index contributed by atoms with van der Waals surface area (Å²) in [5.41, 5.74) is 0.0961. The fourth-order valence-electron chi connectivity index (χ4n) is 2.92. The zero-order chi connectivity index (χ0) is 15.4. The highest BCUT2D eigenvalue weighted by atomic mass is 32.2. The first-order valence-corrected chi connectivity index (χ1v) is 8.73. The van der Waals surface area contributed by atoms with Crippen molar-refractivity contribution in [1.29, 1.82) is 5.26 Å². The van der Waals surface area contributed by atoms with Crippen LogP contribution in [0.4, 0.5) is 0 Å². The van der Waals surface area contributed by atoms with Gasteiger partial charge < -0.3 is 0 Å². The van der Waals surface area contributed by atoms with Gasteiger partial charge in [-0.15, -0.1) is 0 Å². The average Bonchev–Trinajstić information content (AvgIpc) is 2.34. The standard InChI is InChI=1S/C14H27N3O2S/c1-14(2,3)12-8-5-6-9-13(12)16-20(18,19)17(4)11-7-10-15/h12-13,16H,5-9,11H2,1-4H3. The Morgan fingerprint density at radius 3 is 2.45 bits per heavy atom. The molecule has 0 radical (unpaired) electrons. The first-order chi connectivity index (χ1) is 9.18. The maximum Gasteiger partial charge on any atom is 0.279 e. The molecule has 0 amide bonds. The van der Waals surface area contributed by atoms with Gasteiger partial charge in [-0.1, -0.05) is 33.6 Å². The molecule has 0 bridgehead atoms. The molecule has 0 aromatic heterocycles. The van der Waals surface area contributed by atoms with Crippen molar-refractivity contribution in [3.8, 4) is 6.07 Å². The highest BCUT2D eigenvalue weighted by Gasteiger charge is 2.36. The molecule has 0 saturated heterocycles. The van der Waals surface area contributed by atoms with E-state index in [1.807, 2.05) is 6.07 Å². The van der Waals surface area contributed by atoms with Crippen molar-refractivity contribution in [3.05, 3.63) is 0 Å². The van der Waals surface area contributed by atoms with E-state index in [0.29, 0.717) is 5.92 Å². The number of rotatable bonds is 5. The molecule has 2 atom stereocenters. The van der Waals surface area contributed by atoms with E-state index in [1.54, 1.807) is 0 Å². The van der Waals surface area contributed by atoms with Crippen molar-refractivity contribution in [2.24, 2.45) is 11.3 Å². The molecule has 0 spiro atoms. The van der Waals surface area contributed by atoms with Crippen LogP contribution >= 0.6 is 0 Å². The molecule has 116 valence electrons. The second-order valence-corrected chi connectivity index (χ2v) is 8.53. The summed E-state index contributed by atoms with van der Waals surface area (Å²) in [7, 11) is -1.97. The molecule has 1 aliphatic carbocycles. The van der Waals surface area contributed by atoms with Gasteiger partial charge in [-0.25, -0.2) is 0 Å². The summed E-state index contributed by atoms with van der Waals surface area (Å²) < 4.78 is 28.7. The lowest BCUT2D eigenvalue weighted by Gasteiger charge is -2.41. The summed E-state index contributed by atoms with van der Waals surface area (Å²) in [5, 5.41) is 8.56. The van der Waals surface area contributed by atoms with Crippen molar-refractivity contribution in [3.63, 3.8) is 0 Å². The van der Waals surface area contributed by atoms with Gasteiger partial charge in [0, 0.05) is 26.1 Å². The molecule has 1 rings (SSSR count). The van der Waals surface area contributed by atoms with Gasteiger partial charge in [-0.2, -0.15) is 22.7 Å². The molecule has 1 aliphatic rings. The molecular formula is C14H27N3O2S. The Hall–Kier alpha value is -0.640. The smallest absolute Gasteiger partial charge is 0.199 e. The molecule has 6 heteroatoms. The Labute approximate surface area is 123 Å². The van der Waals surface area contributed by atoms with E-state index in [1.165, 1.54) is 17.8 Å². The fraction of sp³-hybridized carbons (Fsp3) is 0.929. The van der Waals surface area contributed by atoms with E-state index >= 15 is 0 Å². The lowest BCUT2D eigenvalue weighted by Crippen LogP contribution is -2.50. The van der Waals surface area contributed by atoms with Gasteiger partial charge in [0.05, 0.1) is 6.07 Å². The van der Waals surface area contributed by atoms with Gasteiger partial charge in [0.25, 0.3) is 10.2 Å². The molecule has 1 fully saturated rings. The van der Waals surface area contributed by atoms with Gasteiger partial charge in [-0.3, -0.25) is 0 Å². The van der Waals surface area contributed by atoms with Crippen LogP contribution in [0, 0.1) is 22.7 Å². The molecule has 0 heterocycles. The van der Waals surface area contributed by atoms with Crippen LogP contribution in [0.15, 0.2) is 0 Å². The van der Waals surface area contributed by atoms with Crippen LogP contribution < -0.4 is 4.72 Å². The van der Waals surface area contributed by atoms with Crippen LogP contribution in [0.1, 0.15) is 52.9 Å². The Kier molecular flexibility index (Phi) is 5.99. The van der Waals surface area contributed by atoms with Crippen LogP contribution in [-0.4, -0.2) is 32.4 Å². The van der Waals surface area contributed by atoms with Gasteiger partial charge in [-0.05, 0) is 24.2 Å². The third kappa shape index (κ3) is 4.72. The van der Waals surface area contributed by atoms with E-state index in [0.717, 1.165) is 19.3 Å². The minimum atomic E-state index is -3.49. The minimum Gasteiger partial charge on any atom is -0.199 e.